The van der Waals surface area contributed by atoms with Crippen LogP contribution in [0.15, 0.2) is 53.6 Å². The average molecular weight is 463 g/mol. The number of halogens is 2. The number of aromatic nitrogens is 1. The Bertz CT molecular complexity index is 1280. The van der Waals surface area contributed by atoms with Crippen molar-refractivity contribution in [1.29, 1.82) is 0 Å². The second-order valence-corrected chi connectivity index (χ2v) is 9.45. The molecule has 3 aromatic rings. The SMILES string of the molecule is COc1cc(F)ccc1-c1cc(C)ncc1N(C)C(=O)c1cc(Cl)cc(S(C)(=O)=O)c1. The van der Waals surface area contributed by atoms with Crippen molar-refractivity contribution >= 4 is 33.0 Å². The van der Waals surface area contributed by atoms with Gasteiger partial charge in [-0.2, -0.15) is 0 Å². The average Bonchev–Trinajstić information content (AvgIpc) is 2.71. The molecule has 1 heterocycles. The Morgan fingerprint density at radius 3 is 2.48 bits per heavy atom. The molecule has 0 saturated heterocycles. The van der Waals surface area contributed by atoms with E-state index in [9.17, 15) is 17.6 Å². The van der Waals surface area contributed by atoms with Gasteiger partial charge in [-0.15, -0.1) is 0 Å². The summed E-state index contributed by atoms with van der Waals surface area (Å²) in [5.74, 6) is -0.639. The molecule has 0 spiro atoms. The minimum absolute atomic E-state index is 0.0563. The topological polar surface area (TPSA) is 76.6 Å². The number of methoxy groups -OCH3 is 1. The van der Waals surface area contributed by atoms with Crippen molar-refractivity contribution in [1.82, 2.24) is 4.98 Å². The van der Waals surface area contributed by atoms with Gasteiger partial charge in [0.2, 0.25) is 0 Å². The quantitative estimate of drug-likeness (QED) is 0.556. The Labute approximate surface area is 185 Å². The normalized spacial score (nSPS) is 11.3. The molecule has 6 nitrogen and oxygen atoms in total. The van der Waals surface area contributed by atoms with Crippen LogP contribution in [0.4, 0.5) is 10.1 Å². The molecule has 162 valence electrons. The molecule has 0 aliphatic carbocycles. The molecule has 0 atom stereocenters. The molecule has 0 fully saturated rings. The molecule has 0 unspecified atom stereocenters. The summed E-state index contributed by atoms with van der Waals surface area (Å²) in [6, 6.07) is 9.84. The van der Waals surface area contributed by atoms with Crippen molar-refractivity contribution in [3.05, 3.63) is 70.8 Å². The summed E-state index contributed by atoms with van der Waals surface area (Å²) in [5.41, 5.74) is 2.40. The van der Waals surface area contributed by atoms with Gasteiger partial charge in [0.15, 0.2) is 9.84 Å². The van der Waals surface area contributed by atoms with Gasteiger partial charge in [0, 0.05) is 46.8 Å². The maximum Gasteiger partial charge on any atom is 0.258 e. The number of hydrogen-bond acceptors (Lipinski definition) is 5. The number of rotatable bonds is 5. The number of sulfone groups is 1. The Balaban J connectivity index is 2.13. The van der Waals surface area contributed by atoms with E-state index in [0.29, 0.717) is 28.3 Å². The van der Waals surface area contributed by atoms with Crippen molar-refractivity contribution in [3.63, 3.8) is 0 Å². The number of aryl methyl sites for hydroxylation is 1. The van der Waals surface area contributed by atoms with E-state index < -0.39 is 21.6 Å². The molecule has 0 saturated carbocycles. The lowest BCUT2D eigenvalue weighted by Gasteiger charge is -2.22. The minimum atomic E-state index is -3.56. The zero-order valence-corrected chi connectivity index (χ0v) is 18.9. The third-order valence-electron chi connectivity index (χ3n) is 4.69. The largest absolute Gasteiger partial charge is 0.496 e. The van der Waals surface area contributed by atoms with Gasteiger partial charge >= 0.3 is 0 Å². The summed E-state index contributed by atoms with van der Waals surface area (Å²) in [7, 11) is -0.594. The molecular weight excluding hydrogens is 443 g/mol. The highest BCUT2D eigenvalue weighted by Gasteiger charge is 2.22. The molecular formula is C22H20ClFN2O4S. The van der Waals surface area contributed by atoms with Gasteiger partial charge in [-0.3, -0.25) is 9.78 Å². The van der Waals surface area contributed by atoms with Gasteiger partial charge in [0.25, 0.3) is 5.91 Å². The van der Waals surface area contributed by atoms with Crippen LogP contribution in [-0.2, 0) is 9.84 Å². The predicted molar refractivity (Wildman–Crippen MR) is 118 cm³/mol. The number of anilines is 1. The molecule has 1 amide bonds. The van der Waals surface area contributed by atoms with E-state index in [0.717, 1.165) is 6.26 Å². The van der Waals surface area contributed by atoms with Gasteiger partial charge in [-0.1, -0.05) is 11.6 Å². The maximum absolute atomic E-state index is 13.7. The third kappa shape index (κ3) is 4.86. The van der Waals surface area contributed by atoms with Crippen LogP contribution in [0.25, 0.3) is 11.1 Å². The highest BCUT2D eigenvalue weighted by molar-refractivity contribution is 7.90. The van der Waals surface area contributed by atoms with E-state index in [4.69, 9.17) is 16.3 Å². The first-order valence-electron chi connectivity index (χ1n) is 9.10. The monoisotopic (exact) mass is 462 g/mol. The fourth-order valence-electron chi connectivity index (χ4n) is 3.13. The third-order valence-corrected chi connectivity index (χ3v) is 6.00. The molecule has 0 radical (unpaired) electrons. The van der Waals surface area contributed by atoms with Crippen molar-refractivity contribution in [2.75, 3.05) is 25.3 Å². The van der Waals surface area contributed by atoms with Crippen molar-refractivity contribution in [3.8, 4) is 16.9 Å². The number of carbonyl (C=O) groups excluding carboxylic acids is 1. The summed E-state index contributed by atoms with van der Waals surface area (Å²) >= 11 is 6.05. The number of ether oxygens (including phenoxy) is 1. The second-order valence-electron chi connectivity index (χ2n) is 7.00. The fourth-order valence-corrected chi connectivity index (χ4v) is 4.11. The molecule has 0 bridgehead atoms. The summed E-state index contributed by atoms with van der Waals surface area (Å²) in [6.07, 6.45) is 2.56. The highest BCUT2D eigenvalue weighted by Crippen LogP contribution is 2.37. The van der Waals surface area contributed by atoms with Crippen molar-refractivity contribution in [2.45, 2.75) is 11.8 Å². The van der Waals surface area contributed by atoms with Crippen molar-refractivity contribution in [2.24, 2.45) is 0 Å². The first kappa shape index (κ1) is 22.7. The fraction of sp³-hybridized carbons (Fsp3) is 0.182. The van der Waals surface area contributed by atoms with Crippen molar-refractivity contribution < 1.29 is 22.3 Å². The molecule has 0 N–H and O–H groups in total. The summed E-state index contributed by atoms with van der Waals surface area (Å²) in [6.45, 7) is 1.79. The lowest BCUT2D eigenvalue weighted by atomic mass is 10.0. The first-order chi connectivity index (χ1) is 14.5. The lowest BCUT2D eigenvalue weighted by molar-refractivity contribution is 0.0992. The van der Waals surface area contributed by atoms with E-state index in [-0.39, 0.29) is 15.5 Å². The number of benzene rings is 2. The zero-order chi connectivity index (χ0) is 22.9. The second kappa shape index (κ2) is 8.64. The maximum atomic E-state index is 13.7. The molecule has 3 rings (SSSR count). The Morgan fingerprint density at radius 1 is 1.13 bits per heavy atom. The number of carbonyl (C=O) groups is 1. The lowest BCUT2D eigenvalue weighted by Crippen LogP contribution is -2.27. The van der Waals surface area contributed by atoms with Crippen LogP contribution < -0.4 is 9.64 Å². The smallest absolute Gasteiger partial charge is 0.258 e. The van der Waals surface area contributed by atoms with Crippen LogP contribution in [0.3, 0.4) is 0 Å². The Morgan fingerprint density at radius 2 is 1.84 bits per heavy atom. The van der Waals surface area contributed by atoms with Gasteiger partial charge in [0.05, 0.1) is 23.9 Å². The number of nitrogens with zero attached hydrogens (tertiary/aromatic N) is 2. The molecule has 31 heavy (non-hydrogen) atoms. The van der Waals surface area contributed by atoms with Crippen LogP contribution in [0.2, 0.25) is 5.02 Å². The summed E-state index contributed by atoms with van der Waals surface area (Å²) < 4.78 is 42.9. The Kier molecular flexibility index (Phi) is 6.33. The summed E-state index contributed by atoms with van der Waals surface area (Å²) in [5, 5.41) is 0.127. The molecule has 0 aliphatic heterocycles. The molecule has 0 aliphatic rings. The molecule has 2 aromatic carbocycles. The highest BCUT2D eigenvalue weighted by atomic mass is 35.5. The van der Waals surface area contributed by atoms with Crippen LogP contribution in [0.5, 0.6) is 5.75 Å². The van der Waals surface area contributed by atoms with Gasteiger partial charge in [-0.25, -0.2) is 12.8 Å². The molecule has 1 aromatic heterocycles. The van der Waals surface area contributed by atoms with E-state index in [1.165, 1.54) is 55.6 Å². The van der Waals surface area contributed by atoms with E-state index in [1.54, 1.807) is 19.1 Å². The van der Waals surface area contributed by atoms with E-state index >= 15 is 0 Å². The van der Waals surface area contributed by atoms with E-state index in [2.05, 4.69) is 4.98 Å². The van der Waals surface area contributed by atoms with Crippen LogP contribution in [0.1, 0.15) is 16.1 Å². The minimum Gasteiger partial charge on any atom is -0.496 e. The number of pyridine rings is 1. The van der Waals surface area contributed by atoms with Crippen LogP contribution in [0, 0.1) is 12.7 Å². The first-order valence-corrected chi connectivity index (χ1v) is 11.4. The number of amides is 1. The van der Waals surface area contributed by atoms with E-state index in [1.807, 2.05) is 0 Å². The van der Waals surface area contributed by atoms with Crippen LogP contribution >= 0.6 is 11.6 Å². The zero-order valence-electron chi connectivity index (χ0n) is 17.3. The van der Waals surface area contributed by atoms with Crippen LogP contribution in [-0.4, -0.2) is 39.7 Å². The standard InChI is InChI=1S/C22H20ClFN2O4S/c1-13-7-19(18-6-5-16(24)11-21(18)30-3)20(12-25-13)26(2)22(27)14-8-15(23)10-17(9-14)31(4,28)29/h5-12H,1-4H3. The Hall–Kier alpha value is -2.97. The molecule has 9 heteroatoms. The number of hydrogen-bond donors (Lipinski definition) is 0. The summed E-state index contributed by atoms with van der Waals surface area (Å²) in [4.78, 5) is 18.8. The van der Waals surface area contributed by atoms with Gasteiger partial charge in [-0.05, 0) is 43.3 Å². The van der Waals surface area contributed by atoms with Gasteiger partial charge < -0.3 is 9.64 Å². The predicted octanol–water partition coefficient (Wildman–Crippen LogP) is 4.54. The van der Waals surface area contributed by atoms with Gasteiger partial charge in [0.1, 0.15) is 11.6 Å².